The van der Waals surface area contributed by atoms with Crippen LogP contribution in [0, 0.1) is 13.8 Å². The molecule has 1 aromatic heterocycles. The van der Waals surface area contributed by atoms with Gasteiger partial charge in [-0.2, -0.15) is 0 Å². The first-order valence-corrected chi connectivity index (χ1v) is 10.4. The normalized spacial score (nSPS) is 11.8. The number of anilines is 3. The first kappa shape index (κ1) is 23.6. The van der Waals surface area contributed by atoms with Crippen LogP contribution in [0.4, 0.5) is 17.2 Å². The molecule has 0 bridgehead atoms. The number of aliphatic imine (C=N–C) groups is 1. The minimum Gasteiger partial charge on any atom is -0.404 e. The van der Waals surface area contributed by atoms with Crippen molar-refractivity contribution in [2.24, 2.45) is 16.6 Å². The molecule has 1 heterocycles. The minimum atomic E-state index is -0.311. The Hall–Kier alpha value is -4.11. The zero-order valence-electron chi connectivity index (χ0n) is 19.1. The largest absolute Gasteiger partial charge is 0.404 e. The van der Waals surface area contributed by atoms with Crippen LogP contribution in [0.3, 0.4) is 0 Å². The monoisotopic (exact) mass is 446 g/mol. The lowest BCUT2D eigenvalue weighted by molar-refractivity contribution is -0.117. The molecule has 3 aromatic rings. The summed E-state index contributed by atoms with van der Waals surface area (Å²) in [6.07, 6.45) is 4.39. The highest BCUT2D eigenvalue weighted by Crippen LogP contribution is 2.28. The number of aryl methyl sites for hydroxylation is 2. The number of aromatic nitrogens is 1. The summed E-state index contributed by atoms with van der Waals surface area (Å²) < 4.78 is 0. The molecule has 0 atom stereocenters. The van der Waals surface area contributed by atoms with E-state index >= 15 is 0 Å². The molecule has 33 heavy (non-hydrogen) atoms. The molecule has 2 aromatic carbocycles. The van der Waals surface area contributed by atoms with E-state index in [-0.39, 0.29) is 11.5 Å². The third kappa shape index (κ3) is 5.21. The molecule has 3 rings (SSSR count). The second kappa shape index (κ2) is 10.0. The van der Waals surface area contributed by atoms with E-state index in [1.165, 1.54) is 17.4 Å². The number of hydrogen-bond acceptors (Lipinski definition) is 8. The van der Waals surface area contributed by atoms with Crippen molar-refractivity contribution in [2.75, 3.05) is 23.5 Å². The van der Waals surface area contributed by atoms with Gasteiger partial charge in [0.05, 0.1) is 23.5 Å². The van der Waals surface area contributed by atoms with Gasteiger partial charge in [-0.15, -0.1) is 0 Å². The number of nitrogens with one attached hydrogen (secondary N) is 1. The number of rotatable bonds is 7. The molecule has 0 radical (unpaired) electrons. The van der Waals surface area contributed by atoms with Crippen molar-refractivity contribution in [3.63, 3.8) is 0 Å². The quantitative estimate of drug-likeness (QED) is 0.122. The summed E-state index contributed by atoms with van der Waals surface area (Å²) in [6, 6.07) is 9.42. The molecule has 0 aliphatic heterocycles. The Morgan fingerprint density at radius 3 is 2.61 bits per heavy atom. The van der Waals surface area contributed by atoms with Crippen molar-refractivity contribution in [1.82, 2.24) is 10.3 Å². The number of hydrogen-bond donors (Lipinski definition) is 5. The number of nitrogens with two attached hydrogens (primary N) is 4. The molecule has 9 N–H and O–H groups in total. The van der Waals surface area contributed by atoms with Gasteiger partial charge in [0.1, 0.15) is 5.82 Å². The molecule has 0 saturated heterocycles. The van der Waals surface area contributed by atoms with Crippen LogP contribution in [-0.4, -0.2) is 24.2 Å². The zero-order chi connectivity index (χ0) is 24.1. The fourth-order valence-corrected chi connectivity index (χ4v) is 3.72. The average molecular weight is 447 g/mol. The van der Waals surface area contributed by atoms with Crippen molar-refractivity contribution in [3.05, 3.63) is 70.6 Å². The maximum atomic E-state index is 12.7. The van der Waals surface area contributed by atoms with Gasteiger partial charge in [0.25, 0.3) is 5.91 Å². The number of amides is 1. The van der Waals surface area contributed by atoms with Crippen molar-refractivity contribution in [2.45, 2.75) is 26.9 Å². The van der Waals surface area contributed by atoms with Crippen molar-refractivity contribution in [1.29, 1.82) is 0 Å². The van der Waals surface area contributed by atoms with E-state index in [4.69, 9.17) is 23.0 Å². The second-order valence-corrected chi connectivity index (χ2v) is 7.87. The standard InChI is InChI=1S/C24H30N8O/c1-14-8-19-18(6-7-30-23(19)27)15(2)20(14)13-31-24(33)17(10-25)12-29-11-16-4-5-22(32(3)28)21(26)9-16/h4-10,12H,11,13,25-26,28H2,1-3H3,(H2,27,30)(H,31,33)/b17-10+,29-12?. The number of carbonyl (C=O) groups excluding carboxylic acids is 1. The topological polar surface area (TPSA) is 162 Å². The molecular formula is C24H30N8O. The van der Waals surface area contributed by atoms with E-state index in [1.54, 1.807) is 19.3 Å². The highest BCUT2D eigenvalue weighted by atomic mass is 16.1. The van der Waals surface area contributed by atoms with Gasteiger partial charge in [-0.05, 0) is 65.8 Å². The Kier molecular flexibility index (Phi) is 7.14. The molecular weight excluding hydrogens is 416 g/mol. The predicted molar refractivity (Wildman–Crippen MR) is 135 cm³/mol. The minimum absolute atomic E-state index is 0.269. The summed E-state index contributed by atoms with van der Waals surface area (Å²) >= 11 is 0. The molecule has 9 nitrogen and oxygen atoms in total. The van der Waals surface area contributed by atoms with Gasteiger partial charge in [-0.3, -0.25) is 9.79 Å². The van der Waals surface area contributed by atoms with E-state index in [2.05, 4.69) is 15.3 Å². The number of benzene rings is 2. The van der Waals surface area contributed by atoms with Crippen LogP contribution < -0.4 is 33.4 Å². The molecule has 0 spiro atoms. The van der Waals surface area contributed by atoms with Crippen molar-refractivity contribution in [3.8, 4) is 0 Å². The third-order valence-corrected chi connectivity index (χ3v) is 5.56. The van der Waals surface area contributed by atoms with Crippen molar-refractivity contribution >= 4 is 40.1 Å². The van der Waals surface area contributed by atoms with Crippen LogP contribution in [0.15, 0.2) is 53.3 Å². The first-order chi connectivity index (χ1) is 15.7. The number of hydrazine groups is 1. The number of pyridine rings is 1. The fourth-order valence-electron chi connectivity index (χ4n) is 3.72. The Morgan fingerprint density at radius 2 is 1.94 bits per heavy atom. The van der Waals surface area contributed by atoms with Gasteiger partial charge in [-0.1, -0.05) is 6.07 Å². The molecule has 0 saturated carbocycles. The summed E-state index contributed by atoms with van der Waals surface area (Å²) in [5.41, 5.74) is 23.2. The van der Waals surface area contributed by atoms with Gasteiger partial charge in [0.15, 0.2) is 0 Å². The maximum Gasteiger partial charge on any atom is 0.254 e. The number of fused-ring (bicyclic) bond motifs is 1. The molecule has 0 aliphatic carbocycles. The smallest absolute Gasteiger partial charge is 0.254 e. The van der Waals surface area contributed by atoms with E-state index < -0.39 is 0 Å². The van der Waals surface area contributed by atoms with Crippen LogP contribution in [-0.2, 0) is 17.9 Å². The van der Waals surface area contributed by atoms with Crippen molar-refractivity contribution < 1.29 is 4.79 Å². The Morgan fingerprint density at radius 1 is 1.18 bits per heavy atom. The fraction of sp³-hybridized carbons (Fsp3) is 0.208. The second-order valence-electron chi connectivity index (χ2n) is 7.87. The van der Waals surface area contributed by atoms with Crippen LogP contribution in [0.1, 0.15) is 22.3 Å². The molecule has 9 heteroatoms. The third-order valence-electron chi connectivity index (χ3n) is 5.56. The molecule has 0 fully saturated rings. The lowest BCUT2D eigenvalue weighted by Crippen LogP contribution is -2.26. The summed E-state index contributed by atoms with van der Waals surface area (Å²) in [6.45, 7) is 4.70. The molecule has 0 unspecified atom stereocenters. The highest BCUT2D eigenvalue weighted by molar-refractivity contribution is 6.12. The predicted octanol–water partition coefficient (Wildman–Crippen LogP) is 2.06. The highest BCUT2D eigenvalue weighted by Gasteiger charge is 2.13. The van der Waals surface area contributed by atoms with E-state index in [9.17, 15) is 4.79 Å². The van der Waals surface area contributed by atoms with E-state index in [0.29, 0.717) is 24.6 Å². The van der Waals surface area contributed by atoms with Crippen LogP contribution >= 0.6 is 0 Å². The summed E-state index contributed by atoms with van der Waals surface area (Å²) in [4.78, 5) is 21.2. The SMILES string of the molecule is Cc1cc2c(N)nccc2c(C)c1CNC(=O)/C(C=NCc1ccc(N(C)N)c(N)c1)=C/N. The maximum absolute atomic E-state index is 12.7. The Bertz CT molecular complexity index is 1250. The lowest BCUT2D eigenvalue weighted by Gasteiger charge is -2.15. The number of carbonyl (C=O) groups is 1. The van der Waals surface area contributed by atoms with Gasteiger partial charge < -0.3 is 27.5 Å². The van der Waals surface area contributed by atoms with Gasteiger partial charge in [0.2, 0.25) is 0 Å². The van der Waals surface area contributed by atoms with Crippen LogP contribution in [0.25, 0.3) is 10.8 Å². The Labute approximate surface area is 193 Å². The van der Waals surface area contributed by atoms with E-state index in [1.807, 2.05) is 38.1 Å². The number of nitrogen functional groups attached to an aromatic ring is 2. The zero-order valence-corrected chi connectivity index (χ0v) is 19.1. The summed E-state index contributed by atoms with van der Waals surface area (Å²) in [7, 11) is 1.72. The lowest BCUT2D eigenvalue weighted by atomic mass is 9.96. The Balaban J connectivity index is 1.68. The van der Waals surface area contributed by atoms with Gasteiger partial charge >= 0.3 is 0 Å². The summed E-state index contributed by atoms with van der Waals surface area (Å²) in [5, 5.41) is 6.30. The number of nitrogens with zero attached hydrogens (tertiary/aromatic N) is 3. The first-order valence-electron chi connectivity index (χ1n) is 10.4. The molecule has 172 valence electrons. The van der Waals surface area contributed by atoms with Gasteiger partial charge in [-0.25, -0.2) is 10.8 Å². The molecule has 1 amide bonds. The summed E-state index contributed by atoms with van der Waals surface area (Å²) in [5.74, 6) is 5.91. The van der Waals surface area contributed by atoms with Crippen LogP contribution in [0.2, 0.25) is 0 Å². The molecule has 0 aliphatic rings. The van der Waals surface area contributed by atoms with E-state index in [0.717, 1.165) is 38.7 Å². The average Bonchev–Trinajstić information content (AvgIpc) is 2.77. The van der Waals surface area contributed by atoms with Crippen LogP contribution in [0.5, 0.6) is 0 Å². The van der Waals surface area contributed by atoms with Gasteiger partial charge in [0, 0.05) is 37.6 Å².